The molecule has 6 nitrogen and oxygen atoms in total. The summed E-state index contributed by atoms with van der Waals surface area (Å²) >= 11 is 0. The Morgan fingerprint density at radius 3 is 0.853 bits per heavy atom. The summed E-state index contributed by atoms with van der Waals surface area (Å²) < 4.78 is 0. The SMILES string of the molecule is c1ccc(-c2ccc(-c3cc(-c4ccc(-c5ccc(-c6cc(-c7ccc(-c8ccccn8)cc7)nc(-c7cccc8ccccc78)n6)cc5)cc4)nc(-c4cccc5ccccc45)n3)cc2)nc1. The van der Waals surface area contributed by atoms with E-state index in [-0.39, 0.29) is 0 Å². The Bertz CT molecular complexity index is 3480. The van der Waals surface area contributed by atoms with Crippen molar-refractivity contribution in [1.82, 2.24) is 29.9 Å². The molecule has 318 valence electrons. The fourth-order valence-corrected chi connectivity index (χ4v) is 8.93. The number of aromatic nitrogens is 6. The molecule has 0 aliphatic carbocycles. The second-order valence-corrected chi connectivity index (χ2v) is 16.7. The maximum absolute atomic E-state index is 5.22. The topological polar surface area (TPSA) is 77.3 Å². The van der Waals surface area contributed by atoms with Crippen molar-refractivity contribution in [3.8, 4) is 101 Å². The third-order valence-electron chi connectivity index (χ3n) is 12.5. The van der Waals surface area contributed by atoms with E-state index in [0.29, 0.717) is 11.6 Å². The zero-order valence-electron chi connectivity index (χ0n) is 36.8. The third-order valence-corrected chi connectivity index (χ3v) is 12.5. The summed E-state index contributed by atoms with van der Waals surface area (Å²) in [5, 5.41) is 4.52. The Hall–Kier alpha value is -9.26. The average molecular weight is 869 g/mol. The van der Waals surface area contributed by atoms with Gasteiger partial charge in [-0.2, -0.15) is 0 Å². The van der Waals surface area contributed by atoms with Crippen molar-refractivity contribution in [2.24, 2.45) is 0 Å². The van der Waals surface area contributed by atoms with Crippen LogP contribution < -0.4 is 0 Å². The van der Waals surface area contributed by atoms with E-state index in [4.69, 9.17) is 19.9 Å². The molecule has 0 spiro atoms. The van der Waals surface area contributed by atoms with E-state index in [1.807, 2.05) is 48.8 Å². The molecule has 0 atom stereocenters. The van der Waals surface area contributed by atoms with Crippen LogP contribution in [-0.2, 0) is 0 Å². The standard InChI is InChI=1S/C62H40N6/c1-3-15-51-43(11-1)13-9-17-53(51)61-65-57(39-59(67-61)49-33-29-45(30-34-49)55-19-5-7-37-63-55)47-25-21-41(22-26-47)42-23-27-48(28-24-42)58-40-60(50-35-31-46(32-36-50)56-20-6-8-38-64-56)68-62(66-58)54-18-10-14-44-12-2-4-16-52(44)54/h1-40H. The Morgan fingerprint density at radius 2 is 0.515 bits per heavy atom. The molecular weight excluding hydrogens is 829 g/mol. The molecule has 0 saturated heterocycles. The first-order valence-corrected chi connectivity index (χ1v) is 22.7. The van der Waals surface area contributed by atoms with E-state index in [0.717, 1.165) is 111 Å². The quantitative estimate of drug-likeness (QED) is 0.144. The van der Waals surface area contributed by atoms with Gasteiger partial charge in [-0.05, 0) is 69.1 Å². The van der Waals surface area contributed by atoms with Gasteiger partial charge in [0.15, 0.2) is 11.6 Å². The molecular formula is C62H40N6. The number of pyridine rings is 2. The molecule has 8 aromatic carbocycles. The molecule has 0 aliphatic heterocycles. The maximum atomic E-state index is 5.22. The van der Waals surface area contributed by atoms with Crippen molar-refractivity contribution in [1.29, 1.82) is 0 Å². The van der Waals surface area contributed by atoms with Gasteiger partial charge in [0.25, 0.3) is 0 Å². The van der Waals surface area contributed by atoms with Crippen molar-refractivity contribution >= 4 is 21.5 Å². The lowest BCUT2D eigenvalue weighted by Gasteiger charge is -2.13. The molecule has 68 heavy (non-hydrogen) atoms. The molecule has 0 amide bonds. The van der Waals surface area contributed by atoms with Crippen LogP contribution >= 0.6 is 0 Å². The van der Waals surface area contributed by atoms with Crippen molar-refractivity contribution in [3.63, 3.8) is 0 Å². The smallest absolute Gasteiger partial charge is 0.161 e. The average Bonchev–Trinajstić information content (AvgIpc) is 3.43. The van der Waals surface area contributed by atoms with Crippen LogP contribution in [0.15, 0.2) is 243 Å². The van der Waals surface area contributed by atoms with E-state index in [1.165, 1.54) is 0 Å². The molecule has 0 bridgehead atoms. The molecule has 0 saturated carbocycles. The van der Waals surface area contributed by atoms with Crippen molar-refractivity contribution in [2.45, 2.75) is 0 Å². The van der Waals surface area contributed by atoms with Gasteiger partial charge in [0, 0.05) is 56.9 Å². The molecule has 4 heterocycles. The number of rotatable bonds is 9. The Labute approximate surface area is 394 Å². The molecule has 4 aromatic heterocycles. The lowest BCUT2D eigenvalue weighted by molar-refractivity contribution is 1.19. The Balaban J connectivity index is 0.884. The Morgan fingerprint density at radius 1 is 0.221 bits per heavy atom. The van der Waals surface area contributed by atoms with E-state index in [1.54, 1.807) is 0 Å². The van der Waals surface area contributed by atoms with Crippen LogP contribution in [0.25, 0.3) is 123 Å². The highest BCUT2D eigenvalue weighted by molar-refractivity contribution is 5.97. The van der Waals surface area contributed by atoms with Crippen molar-refractivity contribution in [2.75, 3.05) is 0 Å². The predicted molar refractivity (Wildman–Crippen MR) is 277 cm³/mol. The van der Waals surface area contributed by atoms with Crippen LogP contribution in [0, 0.1) is 0 Å². The highest BCUT2D eigenvalue weighted by Gasteiger charge is 2.16. The zero-order valence-corrected chi connectivity index (χ0v) is 36.8. The van der Waals surface area contributed by atoms with Gasteiger partial charge < -0.3 is 0 Å². The molecule has 12 rings (SSSR count). The highest BCUT2D eigenvalue weighted by Crippen LogP contribution is 2.36. The summed E-state index contributed by atoms with van der Waals surface area (Å²) in [6, 6.07) is 79.7. The van der Waals surface area contributed by atoms with E-state index < -0.39 is 0 Å². The number of hydrogen-bond donors (Lipinski definition) is 0. The van der Waals surface area contributed by atoms with Crippen LogP contribution in [0.2, 0.25) is 0 Å². The van der Waals surface area contributed by atoms with Gasteiger partial charge in [0.2, 0.25) is 0 Å². The van der Waals surface area contributed by atoms with Gasteiger partial charge in [-0.1, -0.05) is 194 Å². The summed E-state index contributed by atoms with van der Waals surface area (Å²) in [4.78, 5) is 29.9. The molecule has 6 heteroatoms. The van der Waals surface area contributed by atoms with Crippen LogP contribution in [0.3, 0.4) is 0 Å². The summed E-state index contributed by atoms with van der Waals surface area (Å²) in [6.07, 6.45) is 3.64. The van der Waals surface area contributed by atoms with Gasteiger partial charge in [0.1, 0.15) is 0 Å². The van der Waals surface area contributed by atoms with Gasteiger partial charge in [-0.3, -0.25) is 9.97 Å². The van der Waals surface area contributed by atoms with Crippen molar-refractivity contribution < 1.29 is 0 Å². The summed E-state index contributed by atoms with van der Waals surface area (Å²) in [7, 11) is 0. The second-order valence-electron chi connectivity index (χ2n) is 16.7. The first-order chi connectivity index (χ1) is 33.7. The van der Waals surface area contributed by atoms with Crippen molar-refractivity contribution in [3.05, 3.63) is 243 Å². The van der Waals surface area contributed by atoms with Crippen LogP contribution in [0.1, 0.15) is 0 Å². The third kappa shape index (κ3) is 7.97. The first kappa shape index (κ1) is 40.3. The number of hydrogen-bond acceptors (Lipinski definition) is 6. The van der Waals surface area contributed by atoms with E-state index in [2.05, 4.69) is 204 Å². The zero-order chi connectivity index (χ0) is 45.2. The Kier molecular flexibility index (Phi) is 10.4. The largest absolute Gasteiger partial charge is 0.256 e. The van der Waals surface area contributed by atoms with Crippen LogP contribution in [0.5, 0.6) is 0 Å². The fraction of sp³-hybridized carbons (Fsp3) is 0. The molecule has 0 N–H and O–H groups in total. The molecule has 0 aliphatic rings. The first-order valence-electron chi connectivity index (χ1n) is 22.7. The summed E-state index contributed by atoms with van der Waals surface area (Å²) in [5.74, 6) is 1.36. The molecule has 12 aromatic rings. The second kappa shape index (κ2) is 17.6. The minimum Gasteiger partial charge on any atom is -0.256 e. The number of benzene rings is 8. The minimum absolute atomic E-state index is 0.681. The summed E-state index contributed by atoms with van der Waals surface area (Å²) in [5.41, 5.74) is 15.6. The van der Waals surface area contributed by atoms with Crippen LogP contribution in [-0.4, -0.2) is 29.9 Å². The number of fused-ring (bicyclic) bond motifs is 2. The normalized spacial score (nSPS) is 11.2. The summed E-state index contributed by atoms with van der Waals surface area (Å²) in [6.45, 7) is 0. The fourth-order valence-electron chi connectivity index (χ4n) is 8.93. The van der Waals surface area contributed by atoms with Gasteiger partial charge >= 0.3 is 0 Å². The van der Waals surface area contributed by atoms with Crippen LogP contribution in [0.4, 0.5) is 0 Å². The monoisotopic (exact) mass is 868 g/mol. The molecule has 0 radical (unpaired) electrons. The van der Waals surface area contributed by atoms with E-state index in [9.17, 15) is 0 Å². The lowest BCUT2D eigenvalue weighted by Crippen LogP contribution is -1.97. The molecule has 0 unspecified atom stereocenters. The highest BCUT2D eigenvalue weighted by atomic mass is 14.9. The predicted octanol–water partition coefficient (Wildman–Crippen LogP) is 15.4. The van der Waals surface area contributed by atoms with Gasteiger partial charge in [-0.15, -0.1) is 0 Å². The number of nitrogens with zero attached hydrogens (tertiary/aromatic N) is 6. The molecule has 0 fully saturated rings. The maximum Gasteiger partial charge on any atom is 0.161 e. The lowest BCUT2D eigenvalue weighted by atomic mass is 9.99. The van der Waals surface area contributed by atoms with E-state index >= 15 is 0 Å². The van der Waals surface area contributed by atoms with Gasteiger partial charge in [0.05, 0.1) is 34.2 Å². The minimum atomic E-state index is 0.681. The van der Waals surface area contributed by atoms with Gasteiger partial charge in [-0.25, -0.2) is 19.9 Å².